The van der Waals surface area contributed by atoms with Crippen LogP contribution in [0.15, 0.2) is 42.5 Å². The van der Waals surface area contributed by atoms with Crippen molar-refractivity contribution >= 4 is 50.5 Å². The topological polar surface area (TPSA) is 66.5 Å². The average molecular weight is 415 g/mol. The van der Waals surface area contributed by atoms with Gasteiger partial charge in [-0.1, -0.05) is 42.3 Å². The molecular weight excluding hydrogens is 395 g/mol. The Hall–Kier alpha value is -1.76. The summed E-state index contributed by atoms with van der Waals surface area (Å²) in [6.07, 6.45) is 1.34. The maximum atomic E-state index is 12.8. The first-order valence-corrected chi connectivity index (χ1v) is 10.6. The zero-order chi connectivity index (χ0) is 19.5. The fourth-order valence-corrected chi connectivity index (χ4v) is 4.14. The summed E-state index contributed by atoms with van der Waals surface area (Å²) in [7, 11) is -3.71. The van der Waals surface area contributed by atoms with Crippen LogP contribution in [0.3, 0.4) is 0 Å². The van der Waals surface area contributed by atoms with E-state index in [2.05, 4.69) is 5.32 Å². The maximum absolute atomic E-state index is 12.8. The first kappa shape index (κ1) is 20.6. The van der Waals surface area contributed by atoms with Gasteiger partial charge in [-0.15, -0.1) is 0 Å². The number of nitrogens with one attached hydrogen (secondary N) is 1. The summed E-state index contributed by atoms with van der Waals surface area (Å²) in [5.41, 5.74) is 1.72. The van der Waals surface area contributed by atoms with Gasteiger partial charge in [0.15, 0.2) is 0 Å². The summed E-state index contributed by atoms with van der Waals surface area (Å²) in [4.78, 5) is 12.8. The second-order valence-electron chi connectivity index (χ2n) is 5.92. The van der Waals surface area contributed by atoms with Crippen molar-refractivity contribution < 1.29 is 13.2 Å². The van der Waals surface area contributed by atoms with Gasteiger partial charge in [-0.25, -0.2) is 8.42 Å². The van der Waals surface area contributed by atoms with Crippen molar-refractivity contribution in [3.8, 4) is 0 Å². The quantitative estimate of drug-likeness (QED) is 0.756. The lowest BCUT2D eigenvalue weighted by Gasteiger charge is -2.30. The third kappa shape index (κ3) is 4.90. The zero-order valence-electron chi connectivity index (χ0n) is 14.7. The van der Waals surface area contributed by atoms with Crippen molar-refractivity contribution in [2.24, 2.45) is 0 Å². The van der Waals surface area contributed by atoms with Gasteiger partial charge >= 0.3 is 0 Å². The fraction of sp³-hybridized carbons (Fsp3) is 0.278. The molecule has 1 atom stereocenters. The molecule has 0 fully saturated rings. The van der Waals surface area contributed by atoms with E-state index in [0.29, 0.717) is 21.4 Å². The Morgan fingerprint density at radius 1 is 1.19 bits per heavy atom. The van der Waals surface area contributed by atoms with Crippen molar-refractivity contribution in [1.29, 1.82) is 0 Å². The molecule has 0 aliphatic rings. The molecule has 0 radical (unpaired) electrons. The third-order valence-electron chi connectivity index (χ3n) is 3.83. The molecule has 1 amide bonds. The smallest absolute Gasteiger partial charge is 0.248 e. The van der Waals surface area contributed by atoms with Gasteiger partial charge in [0.25, 0.3) is 0 Å². The molecular formula is C18H20Cl2N2O3S. The number of aryl methyl sites for hydroxylation is 1. The van der Waals surface area contributed by atoms with Crippen molar-refractivity contribution in [1.82, 2.24) is 0 Å². The molecule has 0 aliphatic heterocycles. The Morgan fingerprint density at radius 2 is 1.88 bits per heavy atom. The lowest BCUT2D eigenvalue weighted by molar-refractivity contribution is -0.117. The molecule has 0 unspecified atom stereocenters. The fourth-order valence-electron chi connectivity index (χ4n) is 2.57. The maximum Gasteiger partial charge on any atom is 0.248 e. The molecule has 0 saturated carbocycles. The third-order valence-corrected chi connectivity index (χ3v) is 5.65. The number of rotatable bonds is 6. The first-order valence-electron chi connectivity index (χ1n) is 7.95. The number of sulfonamides is 1. The van der Waals surface area contributed by atoms with E-state index in [0.717, 1.165) is 16.1 Å². The molecule has 2 rings (SSSR count). The Morgan fingerprint density at radius 3 is 2.42 bits per heavy atom. The van der Waals surface area contributed by atoms with Crippen molar-refractivity contribution in [2.75, 3.05) is 15.9 Å². The summed E-state index contributed by atoms with van der Waals surface area (Å²) in [5.74, 6) is -0.446. The largest absolute Gasteiger partial charge is 0.324 e. The molecule has 0 aromatic heterocycles. The molecule has 140 valence electrons. The summed E-state index contributed by atoms with van der Waals surface area (Å²) in [6, 6.07) is 10.6. The van der Waals surface area contributed by atoms with E-state index in [9.17, 15) is 13.2 Å². The van der Waals surface area contributed by atoms with Crippen LogP contribution in [0, 0.1) is 6.92 Å². The number of benzene rings is 2. The van der Waals surface area contributed by atoms with Crippen LogP contribution in [0.25, 0.3) is 0 Å². The van der Waals surface area contributed by atoms with Crippen LogP contribution >= 0.6 is 23.2 Å². The molecule has 0 heterocycles. The predicted octanol–water partition coefficient (Wildman–Crippen LogP) is 4.49. The molecule has 0 saturated heterocycles. The number of carbonyl (C=O) groups excluding carboxylic acids is 1. The van der Waals surface area contributed by atoms with E-state index < -0.39 is 22.0 Å². The van der Waals surface area contributed by atoms with Gasteiger partial charge in [0.2, 0.25) is 15.9 Å². The first-order chi connectivity index (χ1) is 12.1. The van der Waals surface area contributed by atoms with E-state index in [1.54, 1.807) is 43.3 Å². The predicted molar refractivity (Wildman–Crippen MR) is 108 cm³/mol. The van der Waals surface area contributed by atoms with Gasteiger partial charge in [0.1, 0.15) is 6.04 Å². The normalized spacial score (nSPS) is 12.5. The summed E-state index contributed by atoms with van der Waals surface area (Å²) in [6.45, 7) is 3.60. The van der Waals surface area contributed by atoms with Crippen LogP contribution in [-0.4, -0.2) is 26.6 Å². The van der Waals surface area contributed by atoms with E-state index in [1.165, 1.54) is 6.07 Å². The highest BCUT2D eigenvalue weighted by molar-refractivity contribution is 7.92. The number of halogens is 2. The van der Waals surface area contributed by atoms with Gasteiger partial charge in [0.05, 0.1) is 11.9 Å². The van der Waals surface area contributed by atoms with E-state index in [-0.39, 0.29) is 6.42 Å². The van der Waals surface area contributed by atoms with Crippen LogP contribution in [0.4, 0.5) is 11.4 Å². The van der Waals surface area contributed by atoms with E-state index >= 15 is 0 Å². The van der Waals surface area contributed by atoms with Crippen LogP contribution in [-0.2, 0) is 14.8 Å². The molecule has 26 heavy (non-hydrogen) atoms. The van der Waals surface area contributed by atoms with Crippen molar-refractivity contribution in [3.63, 3.8) is 0 Å². The van der Waals surface area contributed by atoms with Gasteiger partial charge in [-0.05, 0) is 49.2 Å². The second kappa shape index (κ2) is 8.29. The number of nitrogens with zero attached hydrogens (tertiary/aromatic N) is 1. The Kier molecular flexibility index (Phi) is 6.55. The number of hydrogen-bond acceptors (Lipinski definition) is 3. The number of anilines is 2. The van der Waals surface area contributed by atoms with Crippen molar-refractivity contribution in [3.05, 3.63) is 58.1 Å². The molecule has 0 bridgehead atoms. The van der Waals surface area contributed by atoms with Crippen molar-refractivity contribution in [2.45, 2.75) is 26.3 Å². The summed E-state index contributed by atoms with van der Waals surface area (Å²) in [5, 5.41) is 3.64. The highest BCUT2D eigenvalue weighted by Crippen LogP contribution is 2.26. The van der Waals surface area contributed by atoms with E-state index in [1.807, 2.05) is 6.92 Å². The van der Waals surface area contributed by atoms with Crippen LogP contribution in [0.5, 0.6) is 0 Å². The molecule has 0 spiro atoms. The minimum absolute atomic E-state index is 0.283. The molecule has 1 N–H and O–H groups in total. The van der Waals surface area contributed by atoms with Gasteiger partial charge < -0.3 is 5.32 Å². The standard InChI is InChI=1S/C18H20Cl2N2O3S/c1-4-17(18(23)21-14-9-8-12(2)16(20)11-14)22(26(3,24)25)15-7-5-6-13(19)10-15/h5-11,17H,4H2,1-3H3,(H,21,23)/t17-/m1/s1. The zero-order valence-corrected chi connectivity index (χ0v) is 17.0. The highest BCUT2D eigenvalue weighted by atomic mass is 35.5. The monoisotopic (exact) mass is 414 g/mol. The van der Waals surface area contributed by atoms with Crippen LogP contribution < -0.4 is 9.62 Å². The summed E-state index contributed by atoms with van der Waals surface area (Å²) < 4.78 is 25.8. The Bertz CT molecular complexity index is 916. The lowest BCUT2D eigenvalue weighted by Crippen LogP contribution is -2.47. The Labute approximate surface area is 164 Å². The molecule has 8 heteroatoms. The molecule has 0 aliphatic carbocycles. The highest BCUT2D eigenvalue weighted by Gasteiger charge is 2.31. The molecule has 2 aromatic carbocycles. The molecule has 2 aromatic rings. The van der Waals surface area contributed by atoms with E-state index in [4.69, 9.17) is 23.2 Å². The number of hydrogen-bond donors (Lipinski definition) is 1. The SMILES string of the molecule is CC[C@H](C(=O)Nc1ccc(C)c(Cl)c1)N(c1cccc(Cl)c1)S(C)(=O)=O. The van der Waals surface area contributed by atoms with Crippen LogP contribution in [0.2, 0.25) is 10.0 Å². The number of amides is 1. The second-order valence-corrected chi connectivity index (χ2v) is 8.62. The average Bonchev–Trinajstić information content (AvgIpc) is 2.54. The minimum atomic E-state index is -3.71. The van der Waals surface area contributed by atoms with Gasteiger partial charge in [-0.2, -0.15) is 0 Å². The van der Waals surface area contributed by atoms with Crippen LogP contribution in [0.1, 0.15) is 18.9 Å². The van der Waals surface area contributed by atoms with Gasteiger partial charge in [-0.3, -0.25) is 9.10 Å². The minimum Gasteiger partial charge on any atom is -0.324 e. The molecule has 5 nitrogen and oxygen atoms in total. The van der Waals surface area contributed by atoms with Gasteiger partial charge in [0, 0.05) is 15.7 Å². The number of carbonyl (C=O) groups is 1. The summed E-state index contributed by atoms with van der Waals surface area (Å²) >= 11 is 12.1. The lowest BCUT2D eigenvalue weighted by atomic mass is 10.1. The Balaban J connectivity index is 2.38.